The summed E-state index contributed by atoms with van der Waals surface area (Å²) in [7, 11) is 4.03. The molecule has 0 saturated carbocycles. The molecule has 5 nitrogen and oxygen atoms in total. The predicted octanol–water partition coefficient (Wildman–Crippen LogP) is 4.25. The first-order valence-corrected chi connectivity index (χ1v) is 9.01. The van der Waals surface area contributed by atoms with Gasteiger partial charge in [0.15, 0.2) is 5.69 Å². The van der Waals surface area contributed by atoms with Crippen molar-refractivity contribution >= 4 is 11.6 Å². The second-order valence-electron chi connectivity index (χ2n) is 6.89. The number of hydrogen-bond donors (Lipinski definition) is 1. The zero-order valence-electron chi connectivity index (χ0n) is 16.1. The van der Waals surface area contributed by atoms with Crippen molar-refractivity contribution in [1.82, 2.24) is 14.7 Å². The van der Waals surface area contributed by atoms with Crippen LogP contribution in [-0.2, 0) is 12.6 Å². The summed E-state index contributed by atoms with van der Waals surface area (Å²) < 4.78 is 39.1. The Morgan fingerprint density at radius 3 is 2.24 bits per heavy atom. The second kappa shape index (κ2) is 8.48. The number of nitrogens with zero attached hydrogens (tertiary/aromatic N) is 3. The lowest BCUT2D eigenvalue weighted by Crippen LogP contribution is -2.15. The average molecular weight is 402 g/mol. The molecule has 0 spiro atoms. The third-order valence-corrected chi connectivity index (χ3v) is 4.33. The van der Waals surface area contributed by atoms with E-state index in [0.29, 0.717) is 16.9 Å². The molecule has 8 heteroatoms. The molecule has 1 amide bonds. The number of hydrogen-bond acceptors (Lipinski definition) is 3. The van der Waals surface area contributed by atoms with Crippen LogP contribution < -0.4 is 5.32 Å². The van der Waals surface area contributed by atoms with Gasteiger partial charge in [-0.05, 0) is 68.5 Å². The first-order valence-electron chi connectivity index (χ1n) is 9.01. The van der Waals surface area contributed by atoms with Crippen LogP contribution in [-0.4, -0.2) is 41.2 Å². The molecule has 2 aromatic carbocycles. The van der Waals surface area contributed by atoms with Gasteiger partial charge in [-0.1, -0.05) is 12.1 Å². The highest BCUT2D eigenvalue weighted by molar-refractivity contribution is 6.04. The molecule has 0 bridgehead atoms. The Morgan fingerprint density at radius 2 is 1.69 bits per heavy atom. The molecule has 0 aliphatic carbocycles. The number of aromatic nitrogens is 2. The highest BCUT2D eigenvalue weighted by Gasteiger charge is 2.33. The van der Waals surface area contributed by atoms with Crippen molar-refractivity contribution < 1.29 is 18.0 Å². The lowest BCUT2D eigenvalue weighted by molar-refractivity contribution is -0.141. The molecule has 0 fully saturated rings. The SMILES string of the molecule is CN(C)CCc1ccc(NC(=O)c2ccc(-n3ccc(C(F)(F)F)n3)cc2)cc1. The van der Waals surface area contributed by atoms with Gasteiger partial charge in [0.05, 0.1) is 5.69 Å². The van der Waals surface area contributed by atoms with E-state index in [1.807, 2.05) is 38.4 Å². The fourth-order valence-corrected chi connectivity index (χ4v) is 2.70. The van der Waals surface area contributed by atoms with Crippen LogP contribution in [0.5, 0.6) is 0 Å². The van der Waals surface area contributed by atoms with Gasteiger partial charge in [0.1, 0.15) is 0 Å². The maximum atomic E-state index is 12.7. The first kappa shape index (κ1) is 20.6. The zero-order chi connectivity index (χ0) is 21.0. The summed E-state index contributed by atoms with van der Waals surface area (Å²) in [5.74, 6) is -0.297. The number of alkyl halides is 3. The summed E-state index contributed by atoms with van der Waals surface area (Å²) >= 11 is 0. The van der Waals surface area contributed by atoms with Gasteiger partial charge in [-0.15, -0.1) is 0 Å². The summed E-state index contributed by atoms with van der Waals surface area (Å²) in [6, 6.07) is 14.7. The summed E-state index contributed by atoms with van der Waals surface area (Å²) in [4.78, 5) is 14.5. The van der Waals surface area contributed by atoms with Crippen molar-refractivity contribution in [1.29, 1.82) is 0 Å². The second-order valence-corrected chi connectivity index (χ2v) is 6.89. The Morgan fingerprint density at radius 1 is 1.03 bits per heavy atom. The monoisotopic (exact) mass is 402 g/mol. The number of carbonyl (C=O) groups is 1. The van der Waals surface area contributed by atoms with E-state index < -0.39 is 11.9 Å². The Labute approximate surface area is 166 Å². The minimum absolute atomic E-state index is 0.297. The molecule has 3 aromatic rings. The molecule has 1 heterocycles. The standard InChI is InChI=1S/C21H21F3N4O/c1-27(2)13-11-15-3-7-17(8-4-15)25-20(29)16-5-9-18(10-6-16)28-14-12-19(26-28)21(22,23)24/h3-10,12,14H,11,13H2,1-2H3,(H,25,29). The normalized spacial score (nSPS) is 11.7. The van der Waals surface area contributed by atoms with Gasteiger partial charge in [0, 0.05) is 24.0 Å². The fourth-order valence-electron chi connectivity index (χ4n) is 2.70. The lowest BCUT2D eigenvalue weighted by atomic mass is 10.1. The van der Waals surface area contributed by atoms with E-state index in [4.69, 9.17) is 0 Å². The van der Waals surface area contributed by atoms with Crippen LogP contribution in [0.15, 0.2) is 60.8 Å². The van der Waals surface area contributed by atoms with Crippen LogP contribution in [0.3, 0.4) is 0 Å². The van der Waals surface area contributed by atoms with E-state index in [1.165, 1.54) is 11.8 Å². The number of carbonyl (C=O) groups excluding carboxylic acids is 1. The molecule has 0 atom stereocenters. The largest absolute Gasteiger partial charge is 0.435 e. The molecule has 0 unspecified atom stereocenters. The predicted molar refractivity (Wildman–Crippen MR) is 105 cm³/mol. The maximum Gasteiger partial charge on any atom is 0.435 e. The van der Waals surface area contributed by atoms with Crippen molar-refractivity contribution in [2.75, 3.05) is 26.0 Å². The number of rotatable bonds is 6. The van der Waals surface area contributed by atoms with Gasteiger partial charge >= 0.3 is 6.18 Å². The van der Waals surface area contributed by atoms with E-state index in [1.54, 1.807) is 24.3 Å². The number of benzene rings is 2. The van der Waals surface area contributed by atoms with Crippen molar-refractivity contribution in [3.8, 4) is 5.69 Å². The Hall–Kier alpha value is -3.13. The molecule has 1 N–H and O–H groups in total. The van der Waals surface area contributed by atoms with E-state index >= 15 is 0 Å². The molecule has 0 radical (unpaired) electrons. The Bertz CT molecular complexity index is 961. The molecular weight excluding hydrogens is 381 g/mol. The quantitative estimate of drug-likeness (QED) is 0.671. The van der Waals surface area contributed by atoms with Crippen LogP contribution in [0.1, 0.15) is 21.6 Å². The molecule has 3 rings (SSSR count). The van der Waals surface area contributed by atoms with Crippen LogP contribution in [0.4, 0.5) is 18.9 Å². The third kappa shape index (κ3) is 5.45. The minimum atomic E-state index is -4.49. The number of nitrogens with one attached hydrogen (secondary N) is 1. The molecule has 0 aliphatic rings. The summed E-state index contributed by atoms with van der Waals surface area (Å²) in [6.07, 6.45) is -2.34. The molecule has 0 saturated heterocycles. The van der Waals surface area contributed by atoms with Gasteiger partial charge in [-0.25, -0.2) is 4.68 Å². The highest BCUT2D eigenvalue weighted by Crippen LogP contribution is 2.27. The minimum Gasteiger partial charge on any atom is -0.322 e. The lowest BCUT2D eigenvalue weighted by Gasteiger charge is -2.10. The Kier molecular flexibility index (Phi) is 6.03. The van der Waals surface area contributed by atoms with Crippen molar-refractivity contribution in [2.24, 2.45) is 0 Å². The van der Waals surface area contributed by atoms with E-state index in [-0.39, 0.29) is 5.91 Å². The van der Waals surface area contributed by atoms with Gasteiger partial charge in [0.25, 0.3) is 5.91 Å². The van der Waals surface area contributed by atoms with Crippen molar-refractivity contribution in [2.45, 2.75) is 12.6 Å². The first-order chi connectivity index (χ1) is 13.7. The van der Waals surface area contributed by atoms with Gasteiger partial charge < -0.3 is 10.2 Å². The van der Waals surface area contributed by atoms with E-state index in [0.717, 1.165) is 23.7 Å². The third-order valence-electron chi connectivity index (χ3n) is 4.33. The topological polar surface area (TPSA) is 50.2 Å². The van der Waals surface area contributed by atoms with Gasteiger partial charge in [0.2, 0.25) is 0 Å². The van der Waals surface area contributed by atoms with Crippen LogP contribution in [0.25, 0.3) is 5.69 Å². The summed E-state index contributed by atoms with van der Waals surface area (Å²) in [5.41, 5.74) is 1.72. The maximum absolute atomic E-state index is 12.7. The smallest absolute Gasteiger partial charge is 0.322 e. The number of amides is 1. The van der Waals surface area contributed by atoms with Gasteiger partial charge in [-0.3, -0.25) is 4.79 Å². The molecule has 29 heavy (non-hydrogen) atoms. The fraction of sp³-hybridized carbons (Fsp3) is 0.238. The van der Waals surface area contributed by atoms with E-state index in [2.05, 4.69) is 15.3 Å². The number of anilines is 1. The van der Waals surface area contributed by atoms with Crippen molar-refractivity contribution in [3.05, 3.63) is 77.6 Å². The van der Waals surface area contributed by atoms with Crippen LogP contribution in [0, 0.1) is 0 Å². The van der Waals surface area contributed by atoms with Gasteiger partial charge in [-0.2, -0.15) is 18.3 Å². The molecular formula is C21H21F3N4O. The van der Waals surface area contributed by atoms with Crippen LogP contribution in [0.2, 0.25) is 0 Å². The Balaban J connectivity index is 1.64. The van der Waals surface area contributed by atoms with E-state index in [9.17, 15) is 18.0 Å². The number of likely N-dealkylation sites (N-methyl/N-ethyl adjacent to an activating group) is 1. The number of halogens is 3. The molecule has 1 aromatic heterocycles. The molecule has 0 aliphatic heterocycles. The van der Waals surface area contributed by atoms with Crippen molar-refractivity contribution in [3.63, 3.8) is 0 Å². The van der Waals surface area contributed by atoms with Crippen LogP contribution >= 0.6 is 0 Å². The molecule has 152 valence electrons. The summed E-state index contributed by atoms with van der Waals surface area (Å²) in [6.45, 7) is 0.943. The highest BCUT2D eigenvalue weighted by atomic mass is 19.4. The summed E-state index contributed by atoms with van der Waals surface area (Å²) in [5, 5.41) is 6.33. The zero-order valence-corrected chi connectivity index (χ0v) is 16.1. The average Bonchev–Trinajstić information content (AvgIpc) is 3.18.